The van der Waals surface area contributed by atoms with E-state index >= 15 is 0 Å². The maximum atomic E-state index is 12.9. The third-order valence-electron chi connectivity index (χ3n) is 3.41. The van der Waals surface area contributed by atoms with Crippen LogP contribution < -0.4 is 5.32 Å². The second kappa shape index (κ2) is 6.04. The first-order valence-electron chi connectivity index (χ1n) is 6.67. The lowest BCUT2D eigenvalue weighted by Crippen LogP contribution is -2.28. The van der Waals surface area contributed by atoms with Gasteiger partial charge in [-0.3, -0.25) is 5.10 Å². The number of halogens is 4. The zero-order chi connectivity index (χ0) is 16.6. The highest BCUT2D eigenvalue weighted by atomic mass is 79.9. The fourth-order valence-electron chi connectivity index (χ4n) is 2.32. The first-order chi connectivity index (χ1) is 10.9. The number of hydrogen-bond donors (Lipinski definition) is 2. The number of hydrogen-bond acceptors (Lipinski definition) is 6. The molecule has 0 spiro atoms. The van der Waals surface area contributed by atoms with Crippen molar-refractivity contribution >= 4 is 21.7 Å². The summed E-state index contributed by atoms with van der Waals surface area (Å²) in [5.41, 5.74) is -1.03. The maximum absolute atomic E-state index is 12.9. The molecule has 0 unspecified atom stereocenters. The molecule has 0 amide bonds. The summed E-state index contributed by atoms with van der Waals surface area (Å²) in [6, 6.07) is -0.294. The molecule has 0 radical (unpaired) electrons. The molecule has 0 aromatic carbocycles. The Morgan fingerprint density at radius 1 is 1.35 bits per heavy atom. The van der Waals surface area contributed by atoms with Crippen molar-refractivity contribution in [3.63, 3.8) is 0 Å². The van der Waals surface area contributed by atoms with E-state index in [1.807, 2.05) is 0 Å². The van der Waals surface area contributed by atoms with E-state index in [0.29, 0.717) is 24.9 Å². The van der Waals surface area contributed by atoms with Crippen molar-refractivity contribution in [3.8, 4) is 0 Å². The van der Waals surface area contributed by atoms with E-state index in [9.17, 15) is 13.2 Å². The minimum Gasteiger partial charge on any atom is -0.378 e. The molecule has 1 saturated heterocycles. The number of ether oxygens (including phenoxy) is 1. The van der Waals surface area contributed by atoms with Gasteiger partial charge in [0.2, 0.25) is 0 Å². The summed E-state index contributed by atoms with van der Waals surface area (Å²) in [4.78, 5) is 11.4. The number of anilines is 1. The van der Waals surface area contributed by atoms with E-state index in [1.54, 1.807) is 6.92 Å². The standard InChI is InChI=1S/C12H12BrF3N6O/c1-5-19-10(22-21-5)6-2-23-3-7(6)20-11-8(13)9(12(14,15)16)17-4-18-11/h4,6-7H,2-3H2,1H3,(H,17,18,20)(H,19,21,22)/t6-,7+/m1/s1. The monoisotopic (exact) mass is 392 g/mol. The summed E-state index contributed by atoms with van der Waals surface area (Å²) in [6.45, 7) is 2.46. The van der Waals surface area contributed by atoms with Crippen LogP contribution >= 0.6 is 15.9 Å². The lowest BCUT2D eigenvalue weighted by atomic mass is 10.0. The lowest BCUT2D eigenvalue weighted by Gasteiger charge is -2.19. The number of aryl methyl sites for hydroxylation is 1. The van der Waals surface area contributed by atoms with Gasteiger partial charge in [-0.05, 0) is 22.9 Å². The summed E-state index contributed by atoms with van der Waals surface area (Å²) >= 11 is 2.92. The Morgan fingerprint density at radius 3 is 2.78 bits per heavy atom. The van der Waals surface area contributed by atoms with Gasteiger partial charge in [0.25, 0.3) is 0 Å². The van der Waals surface area contributed by atoms with Crippen LogP contribution in [0.1, 0.15) is 23.3 Å². The van der Waals surface area contributed by atoms with Gasteiger partial charge in [0.15, 0.2) is 11.5 Å². The van der Waals surface area contributed by atoms with Crippen LogP contribution in [-0.2, 0) is 10.9 Å². The third kappa shape index (κ3) is 3.29. The van der Waals surface area contributed by atoms with Crippen LogP contribution in [0.25, 0.3) is 0 Å². The molecule has 0 bridgehead atoms. The van der Waals surface area contributed by atoms with Gasteiger partial charge < -0.3 is 10.1 Å². The predicted molar refractivity (Wildman–Crippen MR) is 76.8 cm³/mol. The number of nitrogens with one attached hydrogen (secondary N) is 2. The Bertz CT molecular complexity index is 706. The number of H-pyrrole nitrogens is 1. The van der Waals surface area contributed by atoms with Crippen molar-refractivity contribution in [2.45, 2.75) is 25.1 Å². The number of rotatable bonds is 3. The van der Waals surface area contributed by atoms with Gasteiger partial charge in [0.05, 0.1) is 29.6 Å². The van der Waals surface area contributed by atoms with Gasteiger partial charge in [-0.25, -0.2) is 15.0 Å². The lowest BCUT2D eigenvalue weighted by molar-refractivity contribution is -0.141. The summed E-state index contributed by atoms with van der Waals surface area (Å²) < 4.78 is 43.8. The van der Waals surface area contributed by atoms with Crippen LogP contribution in [-0.4, -0.2) is 44.4 Å². The summed E-state index contributed by atoms with van der Waals surface area (Å²) in [5.74, 6) is 1.09. The molecule has 2 N–H and O–H groups in total. The van der Waals surface area contributed by atoms with Crippen LogP contribution in [0.2, 0.25) is 0 Å². The van der Waals surface area contributed by atoms with Gasteiger partial charge in [0.1, 0.15) is 18.0 Å². The molecule has 0 saturated carbocycles. The fraction of sp³-hybridized carbons (Fsp3) is 0.500. The number of alkyl halides is 3. The predicted octanol–water partition coefficient (Wildman–Crippen LogP) is 2.28. The van der Waals surface area contributed by atoms with Crippen LogP contribution in [0.15, 0.2) is 10.8 Å². The maximum Gasteiger partial charge on any atom is 0.434 e. The zero-order valence-corrected chi connectivity index (χ0v) is 13.4. The highest BCUT2D eigenvalue weighted by molar-refractivity contribution is 9.10. The Kier molecular flexibility index (Phi) is 4.23. The Hall–Kier alpha value is -1.75. The SMILES string of the molecule is Cc1nc([C@@H]2COC[C@@H]2Nc2ncnc(C(F)(F)F)c2Br)n[nH]1. The smallest absolute Gasteiger partial charge is 0.378 e. The normalized spacial score (nSPS) is 21.6. The topological polar surface area (TPSA) is 88.6 Å². The molecule has 3 rings (SSSR count). The number of aromatic nitrogens is 5. The molecule has 2 atom stereocenters. The van der Waals surface area contributed by atoms with Crippen molar-refractivity contribution < 1.29 is 17.9 Å². The molecule has 11 heteroatoms. The molecule has 23 heavy (non-hydrogen) atoms. The third-order valence-corrected chi connectivity index (χ3v) is 4.16. The van der Waals surface area contributed by atoms with Crippen molar-refractivity contribution in [1.82, 2.24) is 25.1 Å². The highest BCUT2D eigenvalue weighted by Crippen LogP contribution is 2.37. The van der Waals surface area contributed by atoms with Gasteiger partial charge in [-0.1, -0.05) is 0 Å². The van der Waals surface area contributed by atoms with E-state index in [-0.39, 0.29) is 22.3 Å². The molecule has 2 aromatic heterocycles. The van der Waals surface area contributed by atoms with Gasteiger partial charge in [-0.15, -0.1) is 0 Å². The Morgan fingerprint density at radius 2 is 2.13 bits per heavy atom. The summed E-state index contributed by atoms with van der Waals surface area (Å²) in [6.07, 6.45) is -3.69. The molecular formula is C12H12BrF3N6O. The van der Waals surface area contributed by atoms with Crippen molar-refractivity contribution in [2.75, 3.05) is 18.5 Å². The van der Waals surface area contributed by atoms with Crippen molar-refractivity contribution in [2.24, 2.45) is 0 Å². The van der Waals surface area contributed by atoms with E-state index in [1.165, 1.54) is 0 Å². The number of aromatic amines is 1. The van der Waals surface area contributed by atoms with E-state index in [0.717, 1.165) is 6.33 Å². The summed E-state index contributed by atoms with van der Waals surface area (Å²) in [7, 11) is 0. The van der Waals surface area contributed by atoms with Crippen LogP contribution in [0.3, 0.4) is 0 Å². The zero-order valence-electron chi connectivity index (χ0n) is 11.9. The second-order valence-electron chi connectivity index (χ2n) is 5.06. The molecule has 7 nitrogen and oxygen atoms in total. The van der Waals surface area contributed by atoms with E-state index in [2.05, 4.69) is 46.4 Å². The molecule has 0 aliphatic carbocycles. The molecule has 3 heterocycles. The van der Waals surface area contributed by atoms with Gasteiger partial charge in [0, 0.05) is 0 Å². The molecule has 1 aliphatic rings. The molecule has 1 aliphatic heterocycles. The van der Waals surface area contributed by atoms with E-state index < -0.39 is 11.9 Å². The molecular weight excluding hydrogens is 381 g/mol. The second-order valence-corrected chi connectivity index (χ2v) is 5.85. The fourth-order valence-corrected chi connectivity index (χ4v) is 2.86. The van der Waals surface area contributed by atoms with Gasteiger partial charge in [-0.2, -0.15) is 18.3 Å². The van der Waals surface area contributed by atoms with E-state index in [4.69, 9.17) is 4.74 Å². The largest absolute Gasteiger partial charge is 0.434 e. The molecule has 124 valence electrons. The Labute approximate surface area is 137 Å². The minimum absolute atomic E-state index is 0.0556. The molecule has 2 aromatic rings. The van der Waals surface area contributed by atoms with Crippen LogP contribution in [0.5, 0.6) is 0 Å². The van der Waals surface area contributed by atoms with Crippen LogP contribution in [0, 0.1) is 6.92 Å². The first-order valence-corrected chi connectivity index (χ1v) is 7.46. The number of nitrogens with zero attached hydrogens (tertiary/aromatic N) is 4. The van der Waals surface area contributed by atoms with Crippen molar-refractivity contribution in [3.05, 3.63) is 28.1 Å². The average Bonchev–Trinajstić information content (AvgIpc) is 3.08. The highest BCUT2D eigenvalue weighted by Gasteiger charge is 2.38. The average molecular weight is 393 g/mol. The van der Waals surface area contributed by atoms with Crippen molar-refractivity contribution in [1.29, 1.82) is 0 Å². The van der Waals surface area contributed by atoms with Gasteiger partial charge >= 0.3 is 6.18 Å². The van der Waals surface area contributed by atoms with Crippen LogP contribution in [0.4, 0.5) is 19.0 Å². The quantitative estimate of drug-likeness (QED) is 0.832. The first kappa shape index (κ1) is 16.1. The minimum atomic E-state index is -4.56. The Balaban J connectivity index is 1.84. The summed E-state index contributed by atoms with van der Waals surface area (Å²) in [5, 5.41) is 9.79. The molecule has 1 fully saturated rings.